The first-order chi connectivity index (χ1) is 9.63. The molecule has 0 spiro atoms. The number of carbonyl (C=O) groups excluding carboxylic acids is 1. The Hall–Kier alpha value is -1.95. The van der Waals surface area contributed by atoms with E-state index in [2.05, 4.69) is 0 Å². The molecule has 0 bridgehead atoms. The Morgan fingerprint density at radius 1 is 1.35 bits per heavy atom. The van der Waals surface area contributed by atoms with Crippen LogP contribution in [-0.4, -0.2) is 30.5 Å². The van der Waals surface area contributed by atoms with Crippen LogP contribution in [0.15, 0.2) is 18.2 Å². The van der Waals surface area contributed by atoms with Crippen LogP contribution in [0.3, 0.4) is 0 Å². The number of methoxy groups -OCH3 is 1. The molecule has 2 rings (SSSR count). The van der Waals surface area contributed by atoms with Gasteiger partial charge in [-0.05, 0) is 25.3 Å². The molecular weight excluding hydrogens is 262 g/mol. The topological polar surface area (TPSA) is 78.7 Å². The number of non-ortho nitro benzene ring substituents is 1. The number of aldehydes is 1. The van der Waals surface area contributed by atoms with Gasteiger partial charge in [-0.15, -0.1) is 0 Å². The summed E-state index contributed by atoms with van der Waals surface area (Å²) in [7, 11) is 1.68. The molecule has 0 aromatic heterocycles. The van der Waals surface area contributed by atoms with Gasteiger partial charge in [0.25, 0.3) is 5.69 Å². The van der Waals surface area contributed by atoms with Crippen LogP contribution in [0.25, 0.3) is 0 Å². The Morgan fingerprint density at radius 3 is 2.75 bits per heavy atom. The largest absolute Gasteiger partial charge is 0.490 e. The summed E-state index contributed by atoms with van der Waals surface area (Å²) in [6.45, 7) is 0. The molecule has 1 aromatic rings. The fourth-order valence-electron chi connectivity index (χ4n) is 2.45. The van der Waals surface area contributed by atoms with Crippen molar-refractivity contribution in [3.63, 3.8) is 0 Å². The Kier molecular flexibility index (Phi) is 4.68. The van der Waals surface area contributed by atoms with Crippen LogP contribution in [0, 0.1) is 10.1 Å². The fraction of sp³-hybridized carbons (Fsp3) is 0.500. The van der Waals surface area contributed by atoms with E-state index in [1.165, 1.54) is 18.2 Å². The van der Waals surface area contributed by atoms with Crippen molar-refractivity contribution in [1.29, 1.82) is 0 Å². The van der Waals surface area contributed by atoms with Crippen molar-refractivity contribution in [3.05, 3.63) is 33.9 Å². The smallest absolute Gasteiger partial charge is 0.270 e. The lowest BCUT2D eigenvalue weighted by Gasteiger charge is -2.29. The number of nitro groups is 1. The molecule has 1 aromatic carbocycles. The number of rotatable bonds is 5. The van der Waals surface area contributed by atoms with Gasteiger partial charge in [-0.1, -0.05) is 0 Å². The molecule has 0 N–H and O–H groups in total. The monoisotopic (exact) mass is 279 g/mol. The van der Waals surface area contributed by atoms with E-state index < -0.39 is 4.92 Å². The predicted octanol–water partition coefficient (Wildman–Crippen LogP) is 2.74. The fourth-order valence-corrected chi connectivity index (χ4v) is 2.45. The van der Waals surface area contributed by atoms with Crippen LogP contribution < -0.4 is 4.74 Å². The van der Waals surface area contributed by atoms with Gasteiger partial charge < -0.3 is 9.47 Å². The molecule has 108 valence electrons. The molecule has 0 amide bonds. The summed E-state index contributed by atoms with van der Waals surface area (Å²) in [5.41, 5.74) is 0.0941. The highest BCUT2D eigenvalue weighted by Crippen LogP contribution is 2.28. The highest BCUT2D eigenvalue weighted by Gasteiger charge is 2.24. The van der Waals surface area contributed by atoms with Crippen LogP contribution in [0.5, 0.6) is 5.75 Å². The number of nitrogens with zero attached hydrogens (tertiary/aromatic N) is 1. The van der Waals surface area contributed by atoms with Crippen molar-refractivity contribution < 1.29 is 19.2 Å². The van der Waals surface area contributed by atoms with Crippen molar-refractivity contribution in [2.24, 2.45) is 0 Å². The lowest BCUT2D eigenvalue weighted by Crippen LogP contribution is -2.29. The first-order valence-electron chi connectivity index (χ1n) is 6.57. The summed E-state index contributed by atoms with van der Waals surface area (Å²) in [6, 6.07) is 4.07. The Labute approximate surface area is 116 Å². The maximum absolute atomic E-state index is 11.0. The Morgan fingerprint density at radius 2 is 2.10 bits per heavy atom. The van der Waals surface area contributed by atoms with Crippen LogP contribution in [0.2, 0.25) is 0 Å². The highest BCUT2D eigenvalue weighted by atomic mass is 16.6. The third kappa shape index (κ3) is 3.33. The quantitative estimate of drug-likeness (QED) is 0.470. The molecule has 0 saturated heterocycles. The second kappa shape index (κ2) is 6.47. The molecule has 2 unspecified atom stereocenters. The summed E-state index contributed by atoms with van der Waals surface area (Å²) >= 11 is 0. The van der Waals surface area contributed by atoms with Crippen LogP contribution in [0.4, 0.5) is 5.69 Å². The molecule has 0 aliphatic heterocycles. The van der Waals surface area contributed by atoms with Gasteiger partial charge in [0, 0.05) is 25.7 Å². The number of hydrogen-bond donors (Lipinski definition) is 0. The van der Waals surface area contributed by atoms with E-state index in [0.717, 1.165) is 25.7 Å². The normalized spacial score (nSPS) is 22.2. The van der Waals surface area contributed by atoms with E-state index in [4.69, 9.17) is 9.47 Å². The molecule has 1 aliphatic carbocycles. The second-order valence-electron chi connectivity index (χ2n) is 4.86. The number of ether oxygens (including phenoxy) is 2. The minimum Gasteiger partial charge on any atom is -0.490 e. The summed E-state index contributed by atoms with van der Waals surface area (Å²) in [5, 5.41) is 10.7. The number of carbonyl (C=O) groups is 1. The third-order valence-electron chi connectivity index (χ3n) is 3.54. The van der Waals surface area contributed by atoms with E-state index >= 15 is 0 Å². The van der Waals surface area contributed by atoms with Gasteiger partial charge in [0.05, 0.1) is 16.6 Å². The minimum absolute atomic E-state index is 0.0196. The average molecular weight is 279 g/mol. The zero-order valence-electron chi connectivity index (χ0n) is 11.3. The van der Waals surface area contributed by atoms with Crippen LogP contribution in [-0.2, 0) is 4.74 Å². The van der Waals surface area contributed by atoms with Gasteiger partial charge in [0.15, 0.2) is 6.29 Å². The van der Waals surface area contributed by atoms with Crippen molar-refractivity contribution in [3.8, 4) is 5.75 Å². The third-order valence-corrected chi connectivity index (χ3v) is 3.54. The van der Waals surface area contributed by atoms with E-state index in [1.807, 2.05) is 0 Å². The molecule has 2 atom stereocenters. The zero-order valence-corrected chi connectivity index (χ0v) is 11.3. The van der Waals surface area contributed by atoms with Gasteiger partial charge in [-0.3, -0.25) is 14.9 Å². The van der Waals surface area contributed by atoms with Crippen molar-refractivity contribution in [1.82, 2.24) is 0 Å². The molecule has 1 fully saturated rings. The van der Waals surface area contributed by atoms with Gasteiger partial charge in [-0.2, -0.15) is 0 Å². The highest BCUT2D eigenvalue weighted by molar-refractivity contribution is 5.80. The van der Waals surface area contributed by atoms with Crippen LogP contribution >= 0.6 is 0 Å². The molecule has 6 nitrogen and oxygen atoms in total. The van der Waals surface area contributed by atoms with Gasteiger partial charge in [0.1, 0.15) is 11.9 Å². The van der Waals surface area contributed by atoms with Crippen molar-refractivity contribution >= 4 is 12.0 Å². The molecule has 1 saturated carbocycles. The second-order valence-corrected chi connectivity index (χ2v) is 4.86. The first kappa shape index (κ1) is 14.5. The Bertz CT molecular complexity index is 502. The molecule has 1 aliphatic rings. The SMILES string of the molecule is COC1CCCC(Oc2ccc([N+](=O)[O-])cc2C=O)C1. The lowest BCUT2D eigenvalue weighted by atomic mass is 9.95. The maximum Gasteiger partial charge on any atom is 0.270 e. The molecule has 0 radical (unpaired) electrons. The van der Waals surface area contributed by atoms with E-state index in [9.17, 15) is 14.9 Å². The zero-order chi connectivity index (χ0) is 14.5. The van der Waals surface area contributed by atoms with E-state index in [1.54, 1.807) is 7.11 Å². The van der Waals surface area contributed by atoms with Gasteiger partial charge in [-0.25, -0.2) is 0 Å². The van der Waals surface area contributed by atoms with Crippen LogP contribution in [0.1, 0.15) is 36.0 Å². The molecule has 6 heteroatoms. The summed E-state index contributed by atoms with van der Waals surface area (Å²) in [4.78, 5) is 21.2. The van der Waals surface area contributed by atoms with Crippen molar-refractivity contribution in [2.45, 2.75) is 37.9 Å². The lowest BCUT2D eigenvalue weighted by molar-refractivity contribution is -0.384. The number of benzene rings is 1. The maximum atomic E-state index is 11.0. The minimum atomic E-state index is -0.529. The summed E-state index contributed by atoms with van der Waals surface area (Å²) in [6.07, 6.45) is 4.42. The van der Waals surface area contributed by atoms with E-state index in [-0.39, 0.29) is 23.5 Å². The molecular formula is C14H17NO5. The van der Waals surface area contributed by atoms with Gasteiger partial charge >= 0.3 is 0 Å². The number of hydrogen-bond acceptors (Lipinski definition) is 5. The standard InChI is InChI=1S/C14H17NO5/c1-19-12-3-2-4-13(8-12)20-14-6-5-11(15(17)18)7-10(14)9-16/h5-7,9,12-13H,2-4,8H2,1H3. The molecule has 0 heterocycles. The first-order valence-corrected chi connectivity index (χ1v) is 6.57. The number of nitro benzene ring substituents is 1. The average Bonchev–Trinajstić information content (AvgIpc) is 2.47. The van der Waals surface area contributed by atoms with Gasteiger partial charge in [0.2, 0.25) is 0 Å². The van der Waals surface area contributed by atoms with Crippen molar-refractivity contribution in [2.75, 3.05) is 7.11 Å². The Balaban J connectivity index is 2.12. The summed E-state index contributed by atoms with van der Waals surface area (Å²) in [5.74, 6) is 0.396. The van der Waals surface area contributed by atoms with E-state index in [0.29, 0.717) is 12.0 Å². The molecule has 20 heavy (non-hydrogen) atoms. The summed E-state index contributed by atoms with van der Waals surface area (Å²) < 4.78 is 11.1. The predicted molar refractivity (Wildman–Crippen MR) is 72.2 cm³/mol.